The topological polar surface area (TPSA) is 110 Å². The van der Waals surface area contributed by atoms with E-state index in [1.54, 1.807) is 36.2 Å². The lowest BCUT2D eigenvalue weighted by molar-refractivity contribution is -0.117. The number of nitriles is 1. The third-order valence-corrected chi connectivity index (χ3v) is 4.84. The fourth-order valence-corrected chi connectivity index (χ4v) is 3.48. The molecule has 0 saturated heterocycles. The van der Waals surface area contributed by atoms with Crippen LogP contribution in [0.2, 0.25) is 5.15 Å². The normalized spacial score (nSPS) is 12.3. The van der Waals surface area contributed by atoms with Crippen LogP contribution in [0.15, 0.2) is 30.9 Å². The summed E-state index contributed by atoms with van der Waals surface area (Å²) in [5, 5.41) is 17.9. The van der Waals surface area contributed by atoms with E-state index < -0.39 is 0 Å². The monoisotopic (exact) mass is 409 g/mol. The number of methoxy groups -OCH3 is 1. The first-order valence-corrected chi connectivity index (χ1v) is 9.18. The Morgan fingerprint density at radius 3 is 2.93 bits per heavy atom. The predicted molar refractivity (Wildman–Crippen MR) is 104 cm³/mol. The van der Waals surface area contributed by atoms with Gasteiger partial charge in [0.1, 0.15) is 18.2 Å². The molecule has 0 radical (unpaired) electrons. The highest BCUT2D eigenvalue weighted by molar-refractivity contribution is 6.29. The molecule has 0 spiro atoms. The maximum absolute atomic E-state index is 12.8. The molecule has 0 aromatic carbocycles. The molecular weight excluding hydrogens is 394 g/mol. The summed E-state index contributed by atoms with van der Waals surface area (Å²) in [6, 6.07) is 5.40. The number of Topliss-reactive ketones (excluding diaryl/α,β-unsaturated/α-hetero) is 1. The van der Waals surface area contributed by atoms with E-state index in [1.807, 2.05) is 6.92 Å². The van der Waals surface area contributed by atoms with E-state index in [-0.39, 0.29) is 24.7 Å². The van der Waals surface area contributed by atoms with Gasteiger partial charge in [0.2, 0.25) is 0 Å². The first kappa shape index (κ1) is 19.0. The number of hydrogen-bond donors (Lipinski definition) is 0. The Hall–Kier alpha value is -3.35. The molecular formula is C19H16ClN7O2. The van der Waals surface area contributed by atoms with E-state index in [0.29, 0.717) is 33.1 Å². The highest BCUT2D eigenvalue weighted by atomic mass is 35.5. The number of pyridine rings is 1. The van der Waals surface area contributed by atoms with E-state index in [0.717, 1.165) is 5.69 Å². The summed E-state index contributed by atoms with van der Waals surface area (Å²) >= 11 is 6.02. The number of aromatic nitrogens is 6. The van der Waals surface area contributed by atoms with Gasteiger partial charge in [0, 0.05) is 44.0 Å². The maximum atomic E-state index is 12.8. The number of halogens is 1. The minimum Gasteiger partial charge on any atom is -0.375 e. The SMILES string of the molecule is CO[C@@H](C)c1c(CC(=O)Cc2cc(C#N)c3ncnn3c2)cnc2cc(Cl)nn12. The van der Waals surface area contributed by atoms with Crippen LogP contribution in [-0.4, -0.2) is 42.1 Å². The molecule has 0 aliphatic heterocycles. The smallest absolute Gasteiger partial charge is 0.172 e. The van der Waals surface area contributed by atoms with Gasteiger partial charge >= 0.3 is 0 Å². The summed E-state index contributed by atoms with van der Waals surface area (Å²) in [5.41, 5.74) is 3.53. The molecule has 4 aromatic rings. The summed E-state index contributed by atoms with van der Waals surface area (Å²) in [7, 11) is 1.59. The van der Waals surface area contributed by atoms with Crippen molar-refractivity contribution in [2.75, 3.05) is 7.11 Å². The molecule has 29 heavy (non-hydrogen) atoms. The lowest BCUT2D eigenvalue weighted by Crippen LogP contribution is -2.15. The van der Waals surface area contributed by atoms with Gasteiger partial charge in [-0.3, -0.25) is 4.79 Å². The van der Waals surface area contributed by atoms with Crippen molar-refractivity contribution in [3.63, 3.8) is 0 Å². The molecule has 0 bridgehead atoms. The van der Waals surface area contributed by atoms with Crippen molar-refractivity contribution >= 4 is 28.7 Å². The summed E-state index contributed by atoms with van der Waals surface area (Å²) in [6.45, 7) is 1.87. The Bertz CT molecular complexity index is 1270. The van der Waals surface area contributed by atoms with Crippen LogP contribution in [0.25, 0.3) is 11.3 Å². The fourth-order valence-electron chi connectivity index (χ4n) is 3.30. The maximum Gasteiger partial charge on any atom is 0.172 e. The van der Waals surface area contributed by atoms with E-state index in [1.165, 1.54) is 10.8 Å². The molecule has 0 saturated carbocycles. The quantitative estimate of drug-likeness (QED) is 0.480. The van der Waals surface area contributed by atoms with Gasteiger partial charge in [0.05, 0.1) is 17.4 Å². The van der Waals surface area contributed by atoms with Crippen molar-refractivity contribution in [2.24, 2.45) is 0 Å². The van der Waals surface area contributed by atoms with Gasteiger partial charge in [-0.1, -0.05) is 11.6 Å². The Kier molecular flexibility index (Phi) is 4.96. The zero-order valence-electron chi connectivity index (χ0n) is 15.7. The number of carbonyl (C=O) groups excluding carboxylic acids is 1. The van der Waals surface area contributed by atoms with Gasteiger partial charge in [0.25, 0.3) is 0 Å². The molecule has 0 amide bonds. The van der Waals surface area contributed by atoms with Crippen LogP contribution >= 0.6 is 11.6 Å². The highest BCUT2D eigenvalue weighted by Gasteiger charge is 2.20. The molecule has 4 aromatic heterocycles. The third kappa shape index (κ3) is 3.55. The zero-order chi connectivity index (χ0) is 20.5. The van der Waals surface area contributed by atoms with E-state index >= 15 is 0 Å². The van der Waals surface area contributed by atoms with Crippen LogP contribution in [0.3, 0.4) is 0 Å². The summed E-state index contributed by atoms with van der Waals surface area (Å²) < 4.78 is 8.57. The largest absolute Gasteiger partial charge is 0.375 e. The number of rotatable bonds is 6. The molecule has 0 N–H and O–H groups in total. The van der Waals surface area contributed by atoms with Crippen LogP contribution < -0.4 is 0 Å². The lowest BCUT2D eigenvalue weighted by atomic mass is 10.0. The molecule has 10 heteroatoms. The number of hydrogen-bond acceptors (Lipinski definition) is 7. The Balaban J connectivity index is 1.65. The Morgan fingerprint density at radius 1 is 1.34 bits per heavy atom. The van der Waals surface area contributed by atoms with Gasteiger partial charge in [-0.15, -0.1) is 0 Å². The second-order valence-electron chi connectivity index (χ2n) is 6.58. The van der Waals surface area contributed by atoms with Crippen molar-refractivity contribution in [3.05, 3.63) is 58.4 Å². The minimum absolute atomic E-state index is 0.0442. The first-order chi connectivity index (χ1) is 14.0. The predicted octanol–water partition coefficient (Wildman–Crippen LogP) is 2.36. The van der Waals surface area contributed by atoms with Gasteiger partial charge in [-0.2, -0.15) is 15.5 Å². The van der Waals surface area contributed by atoms with Crippen molar-refractivity contribution < 1.29 is 9.53 Å². The Labute approximate surface area is 170 Å². The molecule has 0 unspecified atom stereocenters. The molecule has 1 atom stereocenters. The average molecular weight is 410 g/mol. The van der Waals surface area contributed by atoms with Gasteiger partial charge in [0.15, 0.2) is 16.4 Å². The van der Waals surface area contributed by atoms with Crippen LogP contribution in [0.1, 0.15) is 35.4 Å². The van der Waals surface area contributed by atoms with E-state index in [4.69, 9.17) is 16.3 Å². The number of ether oxygens (including phenoxy) is 1. The third-order valence-electron chi connectivity index (χ3n) is 4.65. The van der Waals surface area contributed by atoms with Crippen molar-refractivity contribution in [1.29, 1.82) is 5.26 Å². The van der Waals surface area contributed by atoms with Gasteiger partial charge in [-0.05, 0) is 18.6 Å². The minimum atomic E-state index is -0.309. The molecule has 9 nitrogen and oxygen atoms in total. The molecule has 146 valence electrons. The first-order valence-electron chi connectivity index (χ1n) is 8.80. The van der Waals surface area contributed by atoms with E-state index in [2.05, 4.69) is 26.2 Å². The summed E-state index contributed by atoms with van der Waals surface area (Å²) in [6.07, 6.45) is 4.70. The summed E-state index contributed by atoms with van der Waals surface area (Å²) in [5.74, 6) is -0.0442. The number of ketones is 1. The highest BCUT2D eigenvalue weighted by Crippen LogP contribution is 2.23. The molecule has 4 rings (SSSR count). The van der Waals surface area contributed by atoms with Gasteiger partial charge in [-0.25, -0.2) is 19.0 Å². The van der Waals surface area contributed by atoms with Crippen molar-refractivity contribution in [3.8, 4) is 6.07 Å². The number of nitrogens with zero attached hydrogens (tertiary/aromatic N) is 7. The van der Waals surface area contributed by atoms with Crippen LogP contribution in [0.4, 0.5) is 0 Å². The van der Waals surface area contributed by atoms with Crippen LogP contribution in [0, 0.1) is 11.3 Å². The fraction of sp³-hybridized carbons (Fsp3) is 0.263. The molecule has 0 aliphatic rings. The van der Waals surface area contributed by atoms with Crippen LogP contribution in [-0.2, 0) is 22.4 Å². The Morgan fingerprint density at radius 2 is 2.17 bits per heavy atom. The molecule has 0 fully saturated rings. The standard InChI is InChI=1S/C19H16ClN7O2/c1-11(29-2)18-14(8-22-17-6-16(20)25-27(17)18)5-15(28)4-12-3-13(7-21)19-23-10-24-26(19)9-12/h3,6,8-11H,4-5H2,1-2H3/t11-/m0/s1. The van der Waals surface area contributed by atoms with Crippen LogP contribution in [0.5, 0.6) is 0 Å². The summed E-state index contributed by atoms with van der Waals surface area (Å²) in [4.78, 5) is 21.2. The second-order valence-corrected chi connectivity index (χ2v) is 6.97. The van der Waals surface area contributed by atoms with Gasteiger partial charge < -0.3 is 4.74 Å². The molecule has 0 aliphatic carbocycles. The van der Waals surface area contributed by atoms with Crippen molar-refractivity contribution in [2.45, 2.75) is 25.9 Å². The molecule has 4 heterocycles. The second kappa shape index (κ2) is 7.58. The van der Waals surface area contributed by atoms with Crippen molar-refractivity contribution in [1.82, 2.24) is 29.2 Å². The zero-order valence-corrected chi connectivity index (χ0v) is 16.5. The average Bonchev–Trinajstić information content (AvgIpc) is 3.32. The number of fused-ring (bicyclic) bond motifs is 2. The van der Waals surface area contributed by atoms with E-state index in [9.17, 15) is 10.1 Å². The number of carbonyl (C=O) groups is 1. The lowest BCUT2D eigenvalue weighted by Gasteiger charge is -2.16.